The van der Waals surface area contributed by atoms with Crippen LogP contribution in [0.25, 0.3) is 22.2 Å². The molecule has 2 heterocycles. The minimum absolute atomic E-state index is 0.314. The highest BCUT2D eigenvalue weighted by Gasteiger charge is 2.10. The molecule has 3 aromatic carbocycles. The van der Waals surface area contributed by atoms with E-state index in [4.69, 9.17) is 4.74 Å². The summed E-state index contributed by atoms with van der Waals surface area (Å²) in [4.78, 5) is 8.91. The quantitative estimate of drug-likeness (QED) is 0.239. The zero-order valence-electron chi connectivity index (χ0n) is 17.5. The third-order valence-corrected chi connectivity index (χ3v) is 4.97. The zero-order chi connectivity index (χ0) is 22.5. The number of aromatic nitrogens is 2. The van der Waals surface area contributed by atoms with Gasteiger partial charge < -0.3 is 4.74 Å². The molecular weight excluding hydrogens is 415 g/mol. The van der Waals surface area contributed by atoms with Crippen LogP contribution in [0.5, 0.6) is 11.5 Å². The smallest absolute Gasteiger partial charge is 0.161 e. The van der Waals surface area contributed by atoms with Crippen LogP contribution in [-0.2, 0) is 0 Å². The highest BCUT2D eigenvalue weighted by molar-refractivity contribution is 5.88. The van der Waals surface area contributed by atoms with Crippen LogP contribution >= 0.6 is 0 Å². The summed E-state index contributed by atoms with van der Waals surface area (Å²) in [5.74, 6) is 1.70. The SMILES string of the molecule is Fc1cccc(-c2cc3cccnc3nc2N/N=C/c2ccc(Oc3ccccc3)cc2)c1. The van der Waals surface area contributed by atoms with E-state index < -0.39 is 0 Å². The minimum Gasteiger partial charge on any atom is -0.457 e. The van der Waals surface area contributed by atoms with E-state index in [0.717, 1.165) is 28.0 Å². The maximum absolute atomic E-state index is 13.8. The van der Waals surface area contributed by atoms with Crippen molar-refractivity contribution in [2.24, 2.45) is 5.10 Å². The number of hydrazone groups is 1. The lowest BCUT2D eigenvalue weighted by molar-refractivity contribution is 0.482. The van der Waals surface area contributed by atoms with E-state index in [1.807, 2.05) is 78.9 Å². The Balaban J connectivity index is 1.38. The lowest BCUT2D eigenvalue weighted by Crippen LogP contribution is -1.98. The van der Waals surface area contributed by atoms with Crippen LogP contribution in [0, 0.1) is 5.82 Å². The topological polar surface area (TPSA) is 59.4 Å². The molecule has 5 rings (SSSR count). The number of ether oxygens (including phenoxy) is 1. The second-order valence-corrected chi connectivity index (χ2v) is 7.30. The van der Waals surface area contributed by atoms with Crippen LogP contribution in [0.3, 0.4) is 0 Å². The highest BCUT2D eigenvalue weighted by Crippen LogP contribution is 2.30. The van der Waals surface area contributed by atoms with Gasteiger partial charge in [-0.25, -0.2) is 14.4 Å². The fraction of sp³-hybridized carbons (Fsp3) is 0. The van der Waals surface area contributed by atoms with Crippen LogP contribution in [-0.4, -0.2) is 16.2 Å². The van der Waals surface area contributed by atoms with Gasteiger partial charge in [-0.1, -0.05) is 30.3 Å². The van der Waals surface area contributed by atoms with Gasteiger partial charge in [0.2, 0.25) is 0 Å². The van der Waals surface area contributed by atoms with Gasteiger partial charge in [-0.15, -0.1) is 0 Å². The Morgan fingerprint density at radius 3 is 2.45 bits per heavy atom. The standard InChI is InChI=1S/C27H19FN4O/c28-22-8-4-6-20(16-22)25-17-21-7-5-15-29-26(21)31-27(25)32-30-18-19-11-13-24(14-12-19)33-23-9-2-1-3-10-23/h1-18H,(H,29,31,32)/b30-18+. The lowest BCUT2D eigenvalue weighted by Gasteiger charge is -2.10. The van der Waals surface area contributed by atoms with Crippen LogP contribution in [0.4, 0.5) is 10.2 Å². The predicted molar refractivity (Wildman–Crippen MR) is 129 cm³/mol. The van der Waals surface area contributed by atoms with Crippen molar-refractivity contribution in [2.45, 2.75) is 0 Å². The van der Waals surface area contributed by atoms with Crippen molar-refractivity contribution in [3.05, 3.63) is 115 Å². The third-order valence-electron chi connectivity index (χ3n) is 4.97. The molecule has 160 valence electrons. The normalized spacial score (nSPS) is 11.1. The largest absolute Gasteiger partial charge is 0.457 e. The molecule has 0 unspecified atom stereocenters. The van der Waals surface area contributed by atoms with Gasteiger partial charge in [0.1, 0.15) is 17.3 Å². The number of benzene rings is 3. The first-order valence-electron chi connectivity index (χ1n) is 10.4. The van der Waals surface area contributed by atoms with Crippen molar-refractivity contribution < 1.29 is 9.13 Å². The van der Waals surface area contributed by atoms with Gasteiger partial charge in [0.15, 0.2) is 11.5 Å². The van der Waals surface area contributed by atoms with E-state index in [-0.39, 0.29) is 5.82 Å². The lowest BCUT2D eigenvalue weighted by atomic mass is 10.1. The molecular formula is C27H19FN4O. The first-order valence-corrected chi connectivity index (χ1v) is 10.4. The third kappa shape index (κ3) is 4.85. The average Bonchev–Trinajstić information content (AvgIpc) is 2.85. The van der Waals surface area contributed by atoms with Crippen molar-refractivity contribution in [3.63, 3.8) is 0 Å². The summed E-state index contributed by atoms with van der Waals surface area (Å²) in [5.41, 5.74) is 5.89. The second kappa shape index (κ2) is 9.28. The first-order chi connectivity index (χ1) is 16.2. The van der Waals surface area contributed by atoms with Crippen LogP contribution in [0.2, 0.25) is 0 Å². The molecule has 0 amide bonds. The first kappa shape index (κ1) is 20.3. The average molecular weight is 434 g/mol. The van der Waals surface area contributed by atoms with Gasteiger partial charge >= 0.3 is 0 Å². The van der Waals surface area contributed by atoms with E-state index in [1.54, 1.807) is 18.5 Å². The Morgan fingerprint density at radius 2 is 1.64 bits per heavy atom. The number of anilines is 1. The van der Waals surface area contributed by atoms with Gasteiger partial charge in [-0.2, -0.15) is 5.10 Å². The number of halogens is 1. The fourth-order valence-corrected chi connectivity index (χ4v) is 3.38. The van der Waals surface area contributed by atoms with Gasteiger partial charge in [0.25, 0.3) is 0 Å². The predicted octanol–water partition coefficient (Wildman–Crippen LogP) is 6.67. The summed E-state index contributed by atoms with van der Waals surface area (Å²) >= 11 is 0. The number of hydrogen-bond acceptors (Lipinski definition) is 5. The number of rotatable bonds is 6. The number of nitrogens with one attached hydrogen (secondary N) is 1. The van der Waals surface area contributed by atoms with E-state index in [0.29, 0.717) is 17.0 Å². The molecule has 0 aliphatic carbocycles. The van der Waals surface area contributed by atoms with E-state index in [2.05, 4.69) is 20.5 Å². The number of nitrogens with zero attached hydrogens (tertiary/aromatic N) is 3. The molecule has 0 bridgehead atoms. The van der Waals surface area contributed by atoms with E-state index >= 15 is 0 Å². The Kier molecular flexibility index (Phi) is 5.72. The van der Waals surface area contributed by atoms with Crippen molar-refractivity contribution >= 4 is 23.1 Å². The van der Waals surface area contributed by atoms with Crippen molar-refractivity contribution in [1.29, 1.82) is 0 Å². The minimum atomic E-state index is -0.314. The number of para-hydroxylation sites is 1. The second-order valence-electron chi connectivity index (χ2n) is 7.30. The van der Waals surface area contributed by atoms with Crippen LogP contribution in [0.15, 0.2) is 108 Å². The number of fused-ring (bicyclic) bond motifs is 1. The van der Waals surface area contributed by atoms with Crippen LogP contribution in [0.1, 0.15) is 5.56 Å². The van der Waals surface area contributed by atoms with Gasteiger partial charge in [-0.05, 0) is 77.9 Å². The molecule has 33 heavy (non-hydrogen) atoms. The summed E-state index contributed by atoms with van der Waals surface area (Å²) in [7, 11) is 0. The molecule has 2 aromatic heterocycles. The number of hydrogen-bond donors (Lipinski definition) is 1. The molecule has 0 aliphatic rings. The maximum Gasteiger partial charge on any atom is 0.161 e. The molecule has 5 aromatic rings. The van der Waals surface area contributed by atoms with E-state index in [1.165, 1.54) is 12.1 Å². The summed E-state index contributed by atoms with van der Waals surface area (Å²) < 4.78 is 19.7. The molecule has 0 aliphatic heterocycles. The van der Waals surface area contributed by atoms with Crippen molar-refractivity contribution in [1.82, 2.24) is 9.97 Å². The molecule has 0 fully saturated rings. The molecule has 0 radical (unpaired) electrons. The summed E-state index contributed by atoms with van der Waals surface area (Å²) in [6, 6.07) is 29.3. The van der Waals surface area contributed by atoms with Gasteiger partial charge in [0, 0.05) is 17.1 Å². The Bertz CT molecular complexity index is 1420. The van der Waals surface area contributed by atoms with Gasteiger partial charge in [-0.3, -0.25) is 5.43 Å². The molecule has 1 N–H and O–H groups in total. The molecule has 0 atom stereocenters. The molecule has 5 nitrogen and oxygen atoms in total. The zero-order valence-corrected chi connectivity index (χ0v) is 17.5. The number of pyridine rings is 2. The maximum atomic E-state index is 13.8. The fourth-order valence-electron chi connectivity index (χ4n) is 3.38. The monoisotopic (exact) mass is 434 g/mol. The Labute approximate surface area is 190 Å². The van der Waals surface area contributed by atoms with Crippen molar-refractivity contribution in [3.8, 4) is 22.6 Å². The summed E-state index contributed by atoms with van der Waals surface area (Å²) in [6.07, 6.45) is 3.37. The van der Waals surface area contributed by atoms with E-state index in [9.17, 15) is 4.39 Å². The highest BCUT2D eigenvalue weighted by atomic mass is 19.1. The molecule has 0 saturated heterocycles. The summed E-state index contributed by atoms with van der Waals surface area (Å²) in [5, 5.41) is 5.20. The molecule has 6 heteroatoms. The van der Waals surface area contributed by atoms with Crippen molar-refractivity contribution in [2.75, 3.05) is 5.43 Å². The summed E-state index contributed by atoms with van der Waals surface area (Å²) in [6.45, 7) is 0. The Hall–Kier alpha value is -4.58. The van der Waals surface area contributed by atoms with Crippen LogP contribution < -0.4 is 10.2 Å². The molecule has 0 saturated carbocycles. The Morgan fingerprint density at radius 1 is 0.818 bits per heavy atom. The molecule has 0 spiro atoms. The van der Waals surface area contributed by atoms with Gasteiger partial charge in [0.05, 0.1) is 6.21 Å².